The summed E-state index contributed by atoms with van der Waals surface area (Å²) in [5.41, 5.74) is 8.56. The monoisotopic (exact) mass is 248 g/mol. The number of hydrogen-bond donors (Lipinski definition) is 1. The Morgan fingerprint density at radius 3 is 2.50 bits per heavy atom. The van der Waals surface area contributed by atoms with Crippen LogP contribution in [0.15, 0.2) is 24.3 Å². The molecule has 0 heterocycles. The van der Waals surface area contributed by atoms with Crippen LogP contribution in [0.1, 0.15) is 37.8 Å². The van der Waals surface area contributed by atoms with E-state index in [0.717, 1.165) is 19.6 Å². The zero-order chi connectivity index (χ0) is 13.0. The van der Waals surface area contributed by atoms with Crippen molar-refractivity contribution < 1.29 is 4.74 Å². The molecule has 2 rings (SSSR count). The normalized spacial score (nSPS) is 16.6. The van der Waals surface area contributed by atoms with Crippen LogP contribution in [0.5, 0.6) is 0 Å². The molecule has 3 nitrogen and oxygen atoms in total. The van der Waals surface area contributed by atoms with E-state index in [1.54, 1.807) is 7.11 Å². The van der Waals surface area contributed by atoms with Gasteiger partial charge >= 0.3 is 0 Å². The third kappa shape index (κ3) is 3.24. The van der Waals surface area contributed by atoms with E-state index in [4.69, 9.17) is 10.5 Å². The van der Waals surface area contributed by atoms with Crippen molar-refractivity contribution in [1.82, 2.24) is 0 Å². The van der Waals surface area contributed by atoms with E-state index in [0.29, 0.717) is 6.04 Å². The van der Waals surface area contributed by atoms with Crippen LogP contribution in [0, 0.1) is 0 Å². The first-order valence-corrected chi connectivity index (χ1v) is 6.87. The van der Waals surface area contributed by atoms with Crippen LogP contribution in [0.4, 0.5) is 5.69 Å². The third-order valence-electron chi connectivity index (χ3n) is 3.62. The van der Waals surface area contributed by atoms with Crippen molar-refractivity contribution in [3.63, 3.8) is 0 Å². The van der Waals surface area contributed by atoms with Gasteiger partial charge < -0.3 is 15.4 Å². The Bertz CT molecular complexity index is 359. The zero-order valence-corrected chi connectivity index (χ0v) is 11.4. The summed E-state index contributed by atoms with van der Waals surface area (Å²) >= 11 is 0. The van der Waals surface area contributed by atoms with Crippen LogP contribution in [0.25, 0.3) is 0 Å². The molecule has 0 amide bonds. The van der Waals surface area contributed by atoms with E-state index in [2.05, 4.69) is 36.1 Å². The van der Waals surface area contributed by atoms with Gasteiger partial charge in [0.2, 0.25) is 0 Å². The second-order valence-corrected chi connectivity index (χ2v) is 5.02. The molecule has 3 heteroatoms. The number of ether oxygens (including phenoxy) is 1. The summed E-state index contributed by atoms with van der Waals surface area (Å²) in [4.78, 5) is 2.45. The van der Waals surface area contributed by atoms with Crippen LogP contribution in [-0.4, -0.2) is 26.3 Å². The lowest BCUT2D eigenvalue weighted by Crippen LogP contribution is -2.29. The largest absolute Gasteiger partial charge is 0.383 e. The van der Waals surface area contributed by atoms with E-state index in [-0.39, 0.29) is 6.04 Å². The van der Waals surface area contributed by atoms with Crippen molar-refractivity contribution in [2.75, 3.05) is 25.2 Å². The topological polar surface area (TPSA) is 38.5 Å². The lowest BCUT2D eigenvalue weighted by molar-refractivity contribution is 0.205. The Hall–Kier alpha value is -1.06. The van der Waals surface area contributed by atoms with E-state index < -0.39 is 0 Å². The standard InChI is InChI=1S/C15H24N2O/c1-3-15(16)12-4-6-13(7-5-12)17(10-11-18-2)14-8-9-14/h4-7,14-15H,3,8-11,16H2,1-2H3/t15-/m0/s1. The molecule has 18 heavy (non-hydrogen) atoms. The predicted molar refractivity (Wildman–Crippen MR) is 75.9 cm³/mol. The van der Waals surface area contributed by atoms with Gasteiger partial charge in [-0.1, -0.05) is 19.1 Å². The maximum absolute atomic E-state index is 6.04. The average molecular weight is 248 g/mol. The van der Waals surface area contributed by atoms with Crippen molar-refractivity contribution in [2.24, 2.45) is 5.73 Å². The van der Waals surface area contributed by atoms with Crippen molar-refractivity contribution in [3.8, 4) is 0 Å². The number of hydrogen-bond acceptors (Lipinski definition) is 3. The fraction of sp³-hybridized carbons (Fsp3) is 0.600. The Balaban J connectivity index is 2.05. The molecule has 1 aliphatic rings. The van der Waals surface area contributed by atoms with Crippen LogP contribution < -0.4 is 10.6 Å². The van der Waals surface area contributed by atoms with Crippen molar-refractivity contribution in [3.05, 3.63) is 29.8 Å². The molecule has 0 aromatic heterocycles. The number of methoxy groups -OCH3 is 1. The lowest BCUT2D eigenvalue weighted by Gasteiger charge is -2.25. The van der Waals surface area contributed by atoms with Crippen molar-refractivity contribution in [2.45, 2.75) is 38.3 Å². The molecule has 1 atom stereocenters. The fourth-order valence-corrected chi connectivity index (χ4v) is 2.25. The van der Waals surface area contributed by atoms with E-state index in [1.165, 1.54) is 24.1 Å². The highest BCUT2D eigenvalue weighted by Crippen LogP contribution is 2.32. The Kier molecular flexibility index (Phi) is 4.61. The molecule has 0 unspecified atom stereocenters. The highest BCUT2D eigenvalue weighted by molar-refractivity contribution is 5.50. The first-order valence-electron chi connectivity index (χ1n) is 6.87. The summed E-state index contributed by atoms with van der Waals surface area (Å²) in [5, 5.41) is 0. The van der Waals surface area contributed by atoms with Gasteiger partial charge in [-0.05, 0) is 37.0 Å². The van der Waals surface area contributed by atoms with Crippen LogP contribution in [0.3, 0.4) is 0 Å². The number of benzene rings is 1. The lowest BCUT2D eigenvalue weighted by atomic mass is 10.1. The molecule has 0 spiro atoms. The molecule has 0 radical (unpaired) electrons. The Labute approximate surface area is 110 Å². The first kappa shape index (κ1) is 13.4. The quantitative estimate of drug-likeness (QED) is 0.806. The van der Waals surface area contributed by atoms with E-state index >= 15 is 0 Å². The van der Waals surface area contributed by atoms with Crippen LogP contribution in [0.2, 0.25) is 0 Å². The van der Waals surface area contributed by atoms with Gasteiger partial charge in [0.1, 0.15) is 0 Å². The van der Waals surface area contributed by atoms with Gasteiger partial charge in [-0.25, -0.2) is 0 Å². The summed E-state index contributed by atoms with van der Waals surface area (Å²) in [5.74, 6) is 0. The van der Waals surface area contributed by atoms with Crippen LogP contribution in [-0.2, 0) is 4.74 Å². The first-order chi connectivity index (χ1) is 8.76. The fourth-order valence-electron chi connectivity index (χ4n) is 2.25. The Morgan fingerprint density at radius 1 is 1.33 bits per heavy atom. The molecule has 1 saturated carbocycles. The maximum atomic E-state index is 6.04. The van der Waals surface area contributed by atoms with Gasteiger partial charge in [-0.3, -0.25) is 0 Å². The molecule has 0 bridgehead atoms. The molecule has 1 fully saturated rings. The van der Waals surface area contributed by atoms with Crippen molar-refractivity contribution >= 4 is 5.69 Å². The smallest absolute Gasteiger partial charge is 0.0637 e. The van der Waals surface area contributed by atoms with E-state index in [1.807, 2.05) is 0 Å². The maximum Gasteiger partial charge on any atom is 0.0637 e. The second kappa shape index (κ2) is 6.21. The van der Waals surface area contributed by atoms with Gasteiger partial charge in [0.15, 0.2) is 0 Å². The highest BCUT2D eigenvalue weighted by Gasteiger charge is 2.28. The minimum absolute atomic E-state index is 0.160. The summed E-state index contributed by atoms with van der Waals surface area (Å²) in [6.07, 6.45) is 3.59. The number of nitrogens with two attached hydrogens (primary N) is 1. The summed E-state index contributed by atoms with van der Waals surface area (Å²) in [6.45, 7) is 3.88. The van der Waals surface area contributed by atoms with Gasteiger partial charge in [0.05, 0.1) is 6.61 Å². The van der Waals surface area contributed by atoms with Crippen LogP contribution >= 0.6 is 0 Å². The molecule has 2 N–H and O–H groups in total. The third-order valence-corrected chi connectivity index (χ3v) is 3.62. The van der Waals surface area contributed by atoms with Gasteiger partial charge in [0, 0.05) is 31.4 Å². The van der Waals surface area contributed by atoms with Gasteiger partial charge in [0.25, 0.3) is 0 Å². The minimum Gasteiger partial charge on any atom is -0.383 e. The summed E-state index contributed by atoms with van der Waals surface area (Å²) in [6, 6.07) is 9.58. The number of rotatable bonds is 7. The molecular weight excluding hydrogens is 224 g/mol. The minimum atomic E-state index is 0.160. The molecule has 1 aromatic rings. The molecule has 1 aliphatic carbocycles. The van der Waals surface area contributed by atoms with E-state index in [9.17, 15) is 0 Å². The zero-order valence-electron chi connectivity index (χ0n) is 11.4. The molecular formula is C15H24N2O. The van der Waals surface area contributed by atoms with Crippen molar-refractivity contribution in [1.29, 1.82) is 0 Å². The predicted octanol–water partition coefficient (Wildman–Crippen LogP) is 2.71. The SMILES string of the molecule is CC[C@H](N)c1ccc(N(CCOC)C2CC2)cc1. The van der Waals surface area contributed by atoms with Gasteiger partial charge in [-0.2, -0.15) is 0 Å². The molecule has 0 aliphatic heterocycles. The second-order valence-electron chi connectivity index (χ2n) is 5.02. The number of anilines is 1. The molecule has 100 valence electrons. The molecule has 0 saturated heterocycles. The summed E-state index contributed by atoms with van der Waals surface area (Å²) < 4.78 is 5.19. The summed E-state index contributed by atoms with van der Waals surface area (Å²) in [7, 11) is 1.76. The molecule has 1 aromatic carbocycles. The number of nitrogens with zero attached hydrogens (tertiary/aromatic N) is 1. The Morgan fingerprint density at radius 2 is 2.00 bits per heavy atom. The highest BCUT2D eigenvalue weighted by atomic mass is 16.5. The average Bonchev–Trinajstić information content (AvgIpc) is 3.24. The van der Waals surface area contributed by atoms with Gasteiger partial charge in [-0.15, -0.1) is 0 Å².